The van der Waals surface area contributed by atoms with Crippen molar-refractivity contribution < 1.29 is 9.90 Å². The summed E-state index contributed by atoms with van der Waals surface area (Å²) in [5.74, 6) is -0.0621. The number of carboxylic acids is 1. The average Bonchev–Trinajstić information content (AvgIpc) is 2.77. The standard InChI is InChI=1S/C10H15N3O2/c1-13-5-4-11-10(13)12-8-3-2-7(6-8)9(14)15/h4-5,7-8H,2-3,6H2,1H3,(H,11,12)(H,14,15)/t7-,8+/m1/s1. The molecule has 1 aliphatic rings. The predicted octanol–water partition coefficient (Wildman–Crippen LogP) is 1.09. The molecule has 82 valence electrons. The molecule has 15 heavy (non-hydrogen) atoms. The monoisotopic (exact) mass is 209 g/mol. The van der Waals surface area contributed by atoms with E-state index in [0.29, 0.717) is 6.42 Å². The summed E-state index contributed by atoms with van der Waals surface area (Å²) in [5, 5.41) is 12.1. The highest BCUT2D eigenvalue weighted by atomic mass is 16.4. The van der Waals surface area contributed by atoms with Gasteiger partial charge < -0.3 is 15.0 Å². The van der Waals surface area contributed by atoms with Crippen molar-refractivity contribution in [1.29, 1.82) is 0 Å². The molecule has 1 fully saturated rings. The highest BCUT2D eigenvalue weighted by Gasteiger charge is 2.29. The molecule has 0 radical (unpaired) electrons. The molecule has 0 aromatic carbocycles. The number of aromatic nitrogens is 2. The lowest BCUT2D eigenvalue weighted by molar-refractivity contribution is -0.141. The summed E-state index contributed by atoms with van der Waals surface area (Å²) >= 11 is 0. The Morgan fingerprint density at radius 2 is 2.47 bits per heavy atom. The molecular formula is C10H15N3O2. The molecule has 5 nitrogen and oxygen atoms in total. The lowest BCUT2D eigenvalue weighted by Gasteiger charge is -2.12. The number of carboxylic acid groups (broad SMARTS) is 1. The summed E-state index contributed by atoms with van der Waals surface area (Å²) in [6.45, 7) is 0. The highest BCUT2D eigenvalue weighted by molar-refractivity contribution is 5.70. The quantitative estimate of drug-likeness (QED) is 0.781. The van der Waals surface area contributed by atoms with Crippen LogP contribution in [0.4, 0.5) is 5.95 Å². The first-order valence-electron chi connectivity index (χ1n) is 5.13. The fraction of sp³-hybridized carbons (Fsp3) is 0.600. The van der Waals surface area contributed by atoms with Crippen LogP contribution in [-0.2, 0) is 11.8 Å². The molecule has 0 spiro atoms. The molecule has 5 heteroatoms. The summed E-state index contributed by atoms with van der Waals surface area (Å²) in [5.41, 5.74) is 0. The van der Waals surface area contributed by atoms with E-state index in [2.05, 4.69) is 10.3 Å². The zero-order valence-electron chi connectivity index (χ0n) is 8.68. The molecule has 1 aliphatic carbocycles. The molecule has 1 aromatic rings. The average molecular weight is 209 g/mol. The van der Waals surface area contributed by atoms with Crippen LogP contribution in [0.3, 0.4) is 0 Å². The molecule has 2 atom stereocenters. The second kappa shape index (κ2) is 3.92. The summed E-state index contributed by atoms with van der Waals surface area (Å²) in [7, 11) is 1.92. The van der Waals surface area contributed by atoms with Gasteiger partial charge in [0.1, 0.15) is 0 Å². The summed E-state index contributed by atoms with van der Waals surface area (Å²) in [6.07, 6.45) is 5.96. The van der Waals surface area contributed by atoms with Crippen molar-refractivity contribution >= 4 is 11.9 Å². The largest absolute Gasteiger partial charge is 0.481 e. The molecule has 1 saturated carbocycles. The zero-order valence-corrected chi connectivity index (χ0v) is 8.68. The molecule has 0 bridgehead atoms. The number of nitrogens with one attached hydrogen (secondary N) is 1. The minimum absolute atomic E-state index is 0.192. The Balaban J connectivity index is 1.93. The predicted molar refractivity (Wildman–Crippen MR) is 55.6 cm³/mol. The van der Waals surface area contributed by atoms with E-state index < -0.39 is 5.97 Å². The van der Waals surface area contributed by atoms with Gasteiger partial charge in [-0.15, -0.1) is 0 Å². The van der Waals surface area contributed by atoms with Crippen molar-refractivity contribution in [1.82, 2.24) is 9.55 Å². The SMILES string of the molecule is Cn1ccnc1N[C@H]1CC[C@@H](C(=O)O)C1. The van der Waals surface area contributed by atoms with E-state index in [1.54, 1.807) is 6.20 Å². The lowest BCUT2D eigenvalue weighted by atomic mass is 10.1. The molecular weight excluding hydrogens is 194 g/mol. The van der Waals surface area contributed by atoms with Gasteiger partial charge in [-0.05, 0) is 19.3 Å². The smallest absolute Gasteiger partial charge is 0.306 e. The van der Waals surface area contributed by atoms with E-state index in [4.69, 9.17) is 5.11 Å². The fourth-order valence-electron chi connectivity index (χ4n) is 2.02. The van der Waals surface area contributed by atoms with Gasteiger partial charge in [-0.2, -0.15) is 0 Å². The third-order valence-corrected chi connectivity index (χ3v) is 2.94. The van der Waals surface area contributed by atoms with Crippen LogP contribution in [0.25, 0.3) is 0 Å². The third kappa shape index (κ3) is 2.11. The first-order chi connectivity index (χ1) is 7.16. The van der Waals surface area contributed by atoms with Gasteiger partial charge >= 0.3 is 5.97 Å². The Hall–Kier alpha value is -1.52. The first-order valence-corrected chi connectivity index (χ1v) is 5.13. The number of aliphatic carboxylic acids is 1. The highest BCUT2D eigenvalue weighted by Crippen LogP contribution is 2.27. The van der Waals surface area contributed by atoms with E-state index >= 15 is 0 Å². The van der Waals surface area contributed by atoms with Crippen molar-refractivity contribution in [3.05, 3.63) is 12.4 Å². The van der Waals surface area contributed by atoms with E-state index in [9.17, 15) is 4.79 Å². The zero-order chi connectivity index (χ0) is 10.8. The van der Waals surface area contributed by atoms with Gasteiger partial charge in [0.05, 0.1) is 5.92 Å². The van der Waals surface area contributed by atoms with Gasteiger partial charge in [-0.1, -0.05) is 0 Å². The molecule has 1 heterocycles. The van der Waals surface area contributed by atoms with Gasteiger partial charge in [0.25, 0.3) is 0 Å². The Morgan fingerprint density at radius 1 is 1.67 bits per heavy atom. The third-order valence-electron chi connectivity index (χ3n) is 2.94. The van der Waals surface area contributed by atoms with Crippen LogP contribution < -0.4 is 5.32 Å². The van der Waals surface area contributed by atoms with Crippen molar-refractivity contribution in [3.63, 3.8) is 0 Å². The molecule has 0 saturated heterocycles. The maximum Gasteiger partial charge on any atom is 0.306 e. The Labute approximate surface area is 88.1 Å². The number of nitrogens with zero attached hydrogens (tertiary/aromatic N) is 2. The molecule has 0 unspecified atom stereocenters. The Morgan fingerprint density at radius 3 is 3.00 bits per heavy atom. The number of imidazole rings is 1. The number of aryl methyl sites for hydroxylation is 1. The van der Waals surface area contributed by atoms with Crippen LogP contribution in [-0.4, -0.2) is 26.7 Å². The topological polar surface area (TPSA) is 67.2 Å². The number of anilines is 1. The fourth-order valence-corrected chi connectivity index (χ4v) is 2.02. The van der Waals surface area contributed by atoms with E-state index in [0.717, 1.165) is 18.8 Å². The van der Waals surface area contributed by atoms with Crippen LogP contribution in [0.1, 0.15) is 19.3 Å². The van der Waals surface area contributed by atoms with Gasteiger partial charge in [-0.25, -0.2) is 4.98 Å². The van der Waals surface area contributed by atoms with Crippen LogP contribution in [0.2, 0.25) is 0 Å². The van der Waals surface area contributed by atoms with Crippen LogP contribution in [0.5, 0.6) is 0 Å². The van der Waals surface area contributed by atoms with E-state index in [-0.39, 0.29) is 12.0 Å². The van der Waals surface area contributed by atoms with Gasteiger partial charge in [0.15, 0.2) is 0 Å². The molecule has 0 amide bonds. The Kier molecular flexibility index (Phi) is 2.62. The second-order valence-electron chi connectivity index (χ2n) is 4.05. The van der Waals surface area contributed by atoms with E-state index in [1.807, 2.05) is 17.8 Å². The van der Waals surface area contributed by atoms with Gasteiger partial charge in [0, 0.05) is 25.5 Å². The summed E-state index contributed by atoms with van der Waals surface area (Å²) in [4.78, 5) is 14.9. The maximum absolute atomic E-state index is 10.8. The molecule has 2 N–H and O–H groups in total. The number of carbonyl (C=O) groups is 1. The normalized spacial score (nSPS) is 25.4. The number of hydrogen-bond acceptors (Lipinski definition) is 3. The second-order valence-corrected chi connectivity index (χ2v) is 4.05. The molecule has 1 aromatic heterocycles. The van der Waals surface area contributed by atoms with Crippen LogP contribution >= 0.6 is 0 Å². The minimum atomic E-state index is -0.681. The number of rotatable bonds is 3. The lowest BCUT2D eigenvalue weighted by Crippen LogP contribution is -2.19. The summed E-state index contributed by atoms with van der Waals surface area (Å²) < 4.78 is 1.90. The Bertz CT molecular complexity index is 361. The molecule has 2 rings (SSSR count). The van der Waals surface area contributed by atoms with Gasteiger partial charge in [-0.3, -0.25) is 4.79 Å². The maximum atomic E-state index is 10.8. The number of hydrogen-bond donors (Lipinski definition) is 2. The van der Waals surface area contributed by atoms with Crippen molar-refractivity contribution in [2.24, 2.45) is 13.0 Å². The van der Waals surface area contributed by atoms with Crippen molar-refractivity contribution in [3.8, 4) is 0 Å². The van der Waals surface area contributed by atoms with E-state index in [1.165, 1.54) is 0 Å². The first kappa shape index (κ1) is 10.0. The van der Waals surface area contributed by atoms with Crippen LogP contribution in [0.15, 0.2) is 12.4 Å². The van der Waals surface area contributed by atoms with Crippen LogP contribution in [0, 0.1) is 5.92 Å². The summed E-state index contributed by atoms with van der Waals surface area (Å²) in [6, 6.07) is 0.243. The minimum Gasteiger partial charge on any atom is -0.481 e. The van der Waals surface area contributed by atoms with Crippen molar-refractivity contribution in [2.75, 3.05) is 5.32 Å². The molecule has 0 aliphatic heterocycles. The van der Waals surface area contributed by atoms with Gasteiger partial charge in [0.2, 0.25) is 5.95 Å². The van der Waals surface area contributed by atoms with Crippen molar-refractivity contribution in [2.45, 2.75) is 25.3 Å².